The van der Waals surface area contributed by atoms with Crippen LogP contribution in [-0.4, -0.2) is 43.6 Å². The summed E-state index contributed by atoms with van der Waals surface area (Å²) >= 11 is 6.83. The van der Waals surface area contributed by atoms with Crippen LogP contribution in [0, 0.1) is 6.92 Å². The molecule has 7 nitrogen and oxygen atoms in total. The standard InChI is InChI=1S/C30H33ClN4O3.CH4.Na.H/c1-4-23-18-34(16-21-8-6-7-9-27(21)38-23)17-22-14-20(11-10-19(22)3)25(15-28(36)37)24-12-13-26-30(29(24)31)32-33-35(26)5-2;;;/h6-14,23,25H,4-5,15-18H2,1-3H3,(H,36,37);1H4;;/q;;+1;-1/t23-,25+;;;/m1.../s1. The molecule has 0 fully saturated rings. The van der Waals surface area contributed by atoms with Crippen molar-refractivity contribution in [2.75, 3.05) is 6.54 Å². The van der Waals surface area contributed by atoms with E-state index in [4.69, 9.17) is 16.3 Å². The summed E-state index contributed by atoms with van der Waals surface area (Å²) in [6, 6.07) is 18.3. The number of hydrogen-bond acceptors (Lipinski definition) is 5. The van der Waals surface area contributed by atoms with Crippen molar-refractivity contribution in [3.8, 4) is 5.75 Å². The molecule has 0 saturated carbocycles. The molecule has 40 heavy (non-hydrogen) atoms. The van der Waals surface area contributed by atoms with E-state index >= 15 is 0 Å². The summed E-state index contributed by atoms with van der Waals surface area (Å²) in [5.74, 6) is -0.330. The summed E-state index contributed by atoms with van der Waals surface area (Å²) in [7, 11) is 0. The predicted molar refractivity (Wildman–Crippen MR) is 157 cm³/mol. The van der Waals surface area contributed by atoms with Gasteiger partial charge >= 0.3 is 35.5 Å². The number of aryl methyl sites for hydroxylation is 2. The van der Waals surface area contributed by atoms with Gasteiger partial charge in [0.15, 0.2) is 0 Å². The van der Waals surface area contributed by atoms with Crippen LogP contribution in [0.5, 0.6) is 5.75 Å². The van der Waals surface area contributed by atoms with Gasteiger partial charge in [-0.15, -0.1) is 5.10 Å². The van der Waals surface area contributed by atoms with Gasteiger partial charge in [0.1, 0.15) is 17.4 Å². The van der Waals surface area contributed by atoms with Gasteiger partial charge in [-0.1, -0.05) is 73.6 Å². The quantitative estimate of drug-likeness (QED) is 0.322. The van der Waals surface area contributed by atoms with Crippen LogP contribution < -0.4 is 34.3 Å². The molecule has 1 aliphatic rings. The normalized spacial score (nSPS) is 15.8. The summed E-state index contributed by atoms with van der Waals surface area (Å²) < 4.78 is 8.08. The van der Waals surface area contributed by atoms with Crippen molar-refractivity contribution < 1.29 is 45.6 Å². The number of carboxylic acids is 1. The van der Waals surface area contributed by atoms with Crippen LogP contribution in [0.3, 0.4) is 0 Å². The number of fused-ring (bicyclic) bond motifs is 2. The molecule has 3 aromatic carbocycles. The van der Waals surface area contributed by atoms with Crippen LogP contribution in [0.2, 0.25) is 5.02 Å². The molecule has 0 aliphatic carbocycles. The maximum Gasteiger partial charge on any atom is 1.00 e. The van der Waals surface area contributed by atoms with Crippen LogP contribution in [0.1, 0.15) is 69.3 Å². The van der Waals surface area contributed by atoms with E-state index in [0.29, 0.717) is 17.1 Å². The number of aromatic nitrogens is 3. The van der Waals surface area contributed by atoms with Crippen molar-refractivity contribution in [3.63, 3.8) is 0 Å². The molecule has 1 N–H and O–H groups in total. The molecular formula is C31H38ClN4NaO3. The minimum Gasteiger partial charge on any atom is -1.00 e. The van der Waals surface area contributed by atoms with Crippen molar-refractivity contribution >= 4 is 28.6 Å². The van der Waals surface area contributed by atoms with Crippen LogP contribution in [0.15, 0.2) is 54.6 Å². The Morgan fingerprint density at radius 3 is 2.70 bits per heavy atom. The van der Waals surface area contributed by atoms with E-state index in [-0.39, 0.29) is 50.9 Å². The summed E-state index contributed by atoms with van der Waals surface area (Å²) in [6.07, 6.45) is 0.969. The summed E-state index contributed by atoms with van der Waals surface area (Å²) in [6.45, 7) is 9.29. The van der Waals surface area contributed by atoms with E-state index in [1.807, 2.05) is 37.3 Å². The number of ether oxygens (including phenoxy) is 1. The van der Waals surface area contributed by atoms with Gasteiger partial charge in [-0.3, -0.25) is 9.69 Å². The number of aliphatic carboxylic acids is 1. The second-order valence-electron chi connectivity index (χ2n) is 10.0. The largest absolute Gasteiger partial charge is 1.00 e. The number of benzene rings is 3. The molecule has 4 aromatic rings. The third-order valence-corrected chi connectivity index (χ3v) is 7.85. The fourth-order valence-electron chi connectivity index (χ4n) is 5.32. The van der Waals surface area contributed by atoms with E-state index in [2.05, 4.69) is 53.3 Å². The number of halogens is 1. The van der Waals surface area contributed by atoms with E-state index in [1.54, 1.807) is 4.68 Å². The zero-order valence-corrected chi connectivity index (χ0v) is 25.8. The number of carboxylic acid groups (broad SMARTS) is 1. The van der Waals surface area contributed by atoms with Gasteiger partial charge in [-0.05, 0) is 54.7 Å². The molecule has 0 radical (unpaired) electrons. The number of nitrogens with zero attached hydrogens (tertiary/aromatic N) is 4. The number of rotatable bonds is 8. The zero-order valence-electron chi connectivity index (χ0n) is 24.0. The third-order valence-electron chi connectivity index (χ3n) is 7.46. The van der Waals surface area contributed by atoms with E-state index < -0.39 is 11.9 Å². The predicted octanol–water partition coefficient (Wildman–Crippen LogP) is 3.95. The molecular weight excluding hydrogens is 535 g/mol. The summed E-state index contributed by atoms with van der Waals surface area (Å²) in [4.78, 5) is 14.4. The summed E-state index contributed by atoms with van der Waals surface area (Å²) in [5, 5.41) is 18.7. The second-order valence-corrected chi connectivity index (χ2v) is 10.4. The molecule has 208 valence electrons. The van der Waals surface area contributed by atoms with Gasteiger partial charge < -0.3 is 11.3 Å². The van der Waals surface area contributed by atoms with Gasteiger partial charge in [0.05, 0.1) is 17.0 Å². The Kier molecular flexibility index (Phi) is 11.2. The molecule has 0 bridgehead atoms. The first-order chi connectivity index (χ1) is 18.4. The third kappa shape index (κ3) is 6.72. The van der Waals surface area contributed by atoms with E-state index in [9.17, 15) is 9.90 Å². The fourth-order valence-corrected chi connectivity index (χ4v) is 5.65. The van der Waals surface area contributed by atoms with Gasteiger partial charge in [0.25, 0.3) is 0 Å². The molecule has 0 amide bonds. The molecule has 9 heteroatoms. The van der Waals surface area contributed by atoms with Crippen LogP contribution in [0.4, 0.5) is 0 Å². The van der Waals surface area contributed by atoms with Crippen molar-refractivity contribution in [2.45, 2.75) is 72.7 Å². The first-order valence-corrected chi connectivity index (χ1v) is 13.5. The monoisotopic (exact) mass is 572 g/mol. The molecule has 5 rings (SSSR count). The first kappa shape index (κ1) is 32.1. The smallest absolute Gasteiger partial charge is 1.00 e. The average molecular weight is 573 g/mol. The second kappa shape index (κ2) is 14.0. The van der Waals surface area contributed by atoms with Gasteiger partial charge in [-0.2, -0.15) is 0 Å². The number of para-hydroxylation sites is 1. The average Bonchev–Trinajstić information content (AvgIpc) is 3.24. The Balaban J connectivity index is 0.00000196. The van der Waals surface area contributed by atoms with Crippen molar-refractivity contribution in [1.29, 1.82) is 0 Å². The maximum atomic E-state index is 12.0. The van der Waals surface area contributed by atoms with Gasteiger partial charge in [-0.25, -0.2) is 4.68 Å². The SMILES string of the molecule is C.CC[C@@H]1CN(Cc2cc([C@H](CC(=O)O)c3ccc4c(nnn4CC)c3Cl)ccc2C)Cc2ccccc2O1.[H-].[Na+]. The summed E-state index contributed by atoms with van der Waals surface area (Å²) in [5.41, 5.74) is 6.64. The van der Waals surface area contributed by atoms with Crippen molar-refractivity contribution in [3.05, 3.63) is 87.4 Å². The Morgan fingerprint density at radius 2 is 1.98 bits per heavy atom. The molecule has 1 aromatic heterocycles. The van der Waals surface area contributed by atoms with E-state index in [1.165, 1.54) is 16.7 Å². The van der Waals surface area contributed by atoms with Crippen LogP contribution in [0.25, 0.3) is 11.0 Å². The zero-order chi connectivity index (χ0) is 26.8. The van der Waals surface area contributed by atoms with Crippen LogP contribution >= 0.6 is 11.6 Å². The minimum atomic E-state index is -0.877. The Hall–Kier alpha value is -2.42. The van der Waals surface area contributed by atoms with Crippen LogP contribution in [-0.2, 0) is 24.4 Å². The Morgan fingerprint density at radius 1 is 1.20 bits per heavy atom. The fraction of sp³-hybridized carbons (Fsp3) is 0.387. The molecule has 0 saturated heterocycles. The van der Waals surface area contributed by atoms with Gasteiger partial charge in [0.2, 0.25) is 0 Å². The van der Waals surface area contributed by atoms with Crippen molar-refractivity contribution in [2.24, 2.45) is 0 Å². The van der Waals surface area contributed by atoms with Crippen molar-refractivity contribution in [1.82, 2.24) is 19.9 Å². The number of carbonyl (C=O) groups is 1. The topological polar surface area (TPSA) is 80.5 Å². The Bertz CT molecular complexity index is 1480. The minimum absolute atomic E-state index is 0. The molecule has 0 unspecified atom stereocenters. The molecule has 2 atom stereocenters. The number of hydrogen-bond donors (Lipinski definition) is 1. The molecule has 2 heterocycles. The maximum absolute atomic E-state index is 12.0. The van der Waals surface area contributed by atoms with E-state index in [0.717, 1.165) is 48.4 Å². The van der Waals surface area contributed by atoms with Gasteiger partial charge in [0, 0.05) is 37.7 Å². The Labute approximate surface area is 265 Å². The first-order valence-electron chi connectivity index (χ1n) is 13.2. The molecule has 1 aliphatic heterocycles. The molecule has 0 spiro atoms.